The molecule has 3 atom stereocenters. The molecular formula is C37H73NO4. The summed E-state index contributed by atoms with van der Waals surface area (Å²) in [4.78, 5) is 12.3. The number of unbranched alkanes of at least 4 members (excludes halogenated alkanes) is 23. The van der Waals surface area contributed by atoms with E-state index in [1.54, 1.807) is 0 Å². The SMILES string of the molecule is CCCCCCCCCCCC/C=C/CCC[C@@H](O)[C@@H](O)[C@H](CO)NC(=O)CCCCCCCCCCCCCCC. The number of carbonyl (C=O) groups is 1. The molecule has 0 spiro atoms. The lowest BCUT2D eigenvalue weighted by Gasteiger charge is -2.26. The number of allylic oxidation sites excluding steroid dienone is 2. The van der Waals surface area contributed by atoms with Gasteiger partial charge >= 0.3 is 0 Å². The van der Waals surface area contributed by atoms with E-state index in [4.69, 9.17) is 0 Å². The second kappa shape index (κ2) is 33.0. The van der Waals surface area contributed by atoms with Crippen LogP contribution in [0.5, 0.6) is 0 Å². The van der Waals surface area contributed by atoms with Crippen molar-refractivity contribution in [3.8, 4) is 0 Å². The molecule has 0 aliphatic carbocycles. The largest absolute Gasteiger partial charge is 0.394 e. The molecule has 0 aromatic rings. The summed E-state index contributed by atoms with van der Waals surface area (Å²) in [5.41, 5.74) is 0. The van der Waals surface area contributed by atoms with Crippen molar-refractivity contribution >= 4 is 5.91 Å². The van der Waals surface area contributed by atoms with Gasteiger partial charge in [0, 0.05) is 6.42 Å². The van der Waals surface area contributed by atoms with Gasteiger partial charge in [0.2, 0.25) is 5.91 Å². The molecule has 0 radical (unpaired) electrons. The maximum Gasteiger partial charge on any atom is 0.220 e. The summed E-state index contributed by atoms with van der Waals surface area (Å²) >= 11 is 0. The molecule has 0 unspecified atom stereocenters. The molecule has 42 heavy (non-hydrogen) atoms. The summed E-state index contributed by atoms with van der Waals surface area (Å²) in [7, 11) is 0. The minimum absolute atomic E-state index is 0.154. The number of rotatable bonds is 33. The van der Waals surface area contributed by atoms with Crippen LogP contribution in [0.15, 0.2) is 12.2 Å². The standard InChI is InChI=1S/C37H73NO4/c1-3-5-7-9-11-13-15-17-18-20-21-23-25-27-29-31-35(40)37(42)34(33-39)38-36(41)32-30-28-26-24-22-19-16-14-12-10-8-6-4-2/h23,25,34-35,37,39-40,42H,3-22,24,26-33H2,1-2H3,(H,38,41)/b25-23+/t34-,35+,37-/m0/s1. The Bertz CT molecular complexity index is 582. The van der Waals surface area contributed by atoms with Gasteiger partial charge in [-0.05, 0) is 38.5 Å². The number of hydrogen-bond donors (Lipinski definition) is 4. The molecule has 1 amide bonds. The van der Waals surface area contributed by atoms with Crippen LogP contribution in [-0.2, 0) is 4.79 Å². The van der Waals surface area contributed by atoms with E-state index in [-0.39, 0.29) is 12.5 Å². The zero-order valence-electron chi connectivity index (χ0n) is 28.1. The van der Waals surface area contributed by atoms with Gasteiger partial charge in [0.05, 0.1) is 18.8 Å². The predicted molar refractivity (Wildman–Crippen MR) is 181 cm³/mol. The Kier molecular flexibility index (Phi) is 32.3. The van der Waals surface area contributed by atoms with Crippen molar-refractivity contribution in [1.29, 1.82) is 0 Å². The van der Waals surface area contributed by atoms with Crippen LogP contribution in [0.1, 0.15) is 194 Å². The van der Waals surface area contributed by atoms with Crippen molar-refractivity contribution in [1.82, 2.24) is 5.32 Å². The van der Waals surface area contributed by atoms with Gasteiger partial charge in [-0.2, -0.15) is 0 Å². The van der Waals surface area contributed by atoms with Crippen molar-refractivity contribution in [3.63, 3.8) is 0 Å². The zero-order valence-corrected chi connectivity index (χ0v) is 28.1. The van der Waals surface area contributed by atoms with Gasteiger partial charge in [0.15, 0.2) is 0 Å². The lowest BCUT2D eigenvalue weighted by molar-refractivity contribution is -0.124. The maximum atomic E-state index is 12.3. The molecular weight excluding hydrogens is 522 g/mol. The van der Waals surface area contributed by atoms with Gasteiger partial charge in [-0.1, -0.05) is 161 Å². The number of carbonyl (C=O) groups excluding carboxylic acids is 1. The van der Waals surface area contributed by atoms with Gasteiger partial charge in [-0.3, -0.25) is 4.79 Å². The summed E-state index contributed by atoms with van der Waals surface area (Å²) in [5.74, 6) is -0.154. The molecule has 5 heteroatoms. The van der Waals surface area contributed by atoms with Crippen LogP contribution >= 0.6 is 0 Å². The van der Waals surface area contributed by atoms with E-state index in [0.29, 0.717) is 12.8 Å². The van der Waals surface area contributed by atoms with Crippen LogP contribution in [-0.4, -0.2) is 46.1 Å². The van der Waals surface area contributed by atoms with Crippen LogP contribution in [0.2, 0.25) is 0 Å². The minimum Gasteiger partial charge on any atom is -0.394 e. The molecule has 0 aliphatic rings. The topological polar surface area (TPSA) is 89.8 Å². The highest BCUT2D eigenvalue weighted by atomic mass is 16.3. The summed E-state index contributed by atoms with van der Waals surface area (Å²) in [6, 6.07) is -0.818. The average Bonchev–Trinajstić information content (AvgIpc) is 2.99. The van der Waals surface area contributed by atoms with E-state index >= 15 is 0 Å². The van der Waals surface area contributed by atoms with Crippen molar-refractivity contribution in [2.45, 2.75) is 212 Å². The molecule has 0 rings (SSSR count). The summed E-state index contributed by atoms with van der Waals surface area (Å²) in [6.45, 7) is 4.15. The van der Waals surface area contributed by atoms with E-state index < -0.39 is 18.2 Å². The molecule has 0 aromatic heterocycles. The zero-order chi connectivity index (χ0) is 30.9. The molecule has 250 valence electrons. The third-order valence-corrected chi connectivity index (χ3v) is 8.62. The Morgan fingerprint density at radius 2 is 0.952 bits per heavy atom. The molecule has 0 aromatic carbocycles. The molecule has 0 saturated carbocycles. The van der Waals surface area contributed by atoms with Crippen molar-refractivity contribution in [2.75, 3.05) is 6.61 Å². The first kappa shape index (κ1) is 41.1. The number of aliphatic hydroxyl groups excluding tert-OH is 3. The van der Waals surface area contributed by atoms with Crippen LogP contribution < -0.4 is 5.32 Å². The Balaban J connectivity index is 3.72. The predicted octanol–water partition coefficient (Wildman–Crippen LogP) is 9.70. The quantitative estimate of drug-likeness (QED) is 0.0449. The summed E-state index contributed by atoms with van der Waals surface area (Å²) in [5, 5.41) is 33.3. The van der Waals surface area contributed by atoms with Crippen LogP contribution in [0, 0.1) is 0 Å². The molecule has 4 N–H and O–H groups in total. The van der Waals surface area contributed by atoms with Crippen molar-refractivity contribution in [2.24, 2.45) is 0 Å². The first-order valence-corrected chi connectivity index (χ1v) is 18.5. The fraction of sp³-hybridized carbons (Fsp3) is 0.919. The summed E-state index contributed by atoms with van der Waals surface area (Å²) in [6.07, 6.45) is 35.9. The van der Waals surface area contributed by atoms with Crippen molar-refractivity contribution < 1.29 is 20.1 Å². The average molecular weight is 596 g/mol. The Hall–Kier alpha value is -0.910. The third kappa shape index (κ3) is 27.9. The maximum absolute atomic E-state index is 12.3. The summed E-state index contributed by atoms with van der Waals surface area (Å²) < 4.78 is 0. The lowest BCUT2D eigenvalue weighted by Crippen LogP contribution is -2.50. The van der Waals surface area contributed by atoms with Crippen LogP contribution in [0.25, 0.3) is 0 Å². The monoisotopic (exact) mass is 596 g/mol. The highest BCUT2D eigenvalue weighted by Crippen LogP contribution is 2.15. The van der Waals surface area contributed by atoms with Crippen molar-refractivity contribution in [3.05, 3.63) is 12.2 Å². The Morgan fingerprint density at radius 1 is 0.571 bits per heavy atom. The lowest BCUT2D eigenvalue weighted by atomic mass is 10.0. The van der Waals surface area contributed by atoms with Gasteiger partial charge in [0.25, 0.3) is 0 Å². The highest BCUT2D eigenvalue weighted by molar-refractivity contribution is 5.76. The van der Waals surface area contributed by atoms with Gasteiger partial charge in [-0.15, -0.1) is 0 Å². The first-order valence-electron chi connectivity index (χ1n) is 18.5. The number of aliphatic hydroxyl groups is 3. The Morgan fingerprint density at radius 3 is 1.38 bits per heavy atom. The van der Waals surface area contributed by atoms with E-state index in [1.165, 1.54) is 128 Å². The van der Waals surface area contributed by atoms with E-state index in [2.05, 4.69) is 31.3 Å². The second-order valence-corrected chi connectivity index (χ2v) is 12.8. The second-order valence-electron chi connectivity index (χ2n) is 12.8. The molecule has 0 aliphatic heterocycles. The number of hydrogen-bond acceptors (Lipinski definition) is 4. The smallest absolute Gasteiger partial charge is 0.220 e. The van der Waals surface area contributed by atoms with Gasteiger partial charge in [-0.25, -0.2) is 0 Å². The van der Waals surface area contributed by atoms with Crippen LogP contribution in [0.3, 0.4) is 0 Å². The third-order valence-electron chi connectivity index (χ3n) is 8.62. The van der Waals surface area contributed by atoms with Gasteiger partial charge in [0.1, 0.15) is 6.10 Å². The Labute approximate surface area is 261 Å². The molecule has 5 nitrogen and oxygen atoms in total. The fourth-order valence-corrected chi connectivity index (χ4v) is 5.69. The first-order chi connectivity index (χ1) is 20.6. The molecule has 0 bridgehead atoms. The molecule has 0 fully saturated rings. The number of amides is 1. The minimum atomic E-state index is -1.15. The molecule has 0 saturated heterocycles. The highest BCUT2D eigenvalue weighted by Gasteiger charge is 2.26. The fourth-order valence-electron chi connectivity index (χ4n) is 5.69. The van der Waals surface area contributed by atoms with E-state index in [0.717, 1.165) is 38.5 Å². The van der Waals surface area contributed by atoms with Gasteiger partial charge < -0.3 is 20.6 Å². The normalized spacial score (nSPS) is 13.9. The van der Waals surface area contributed by atoms with Crippen LogP contribution in [0.4, 0.5) is 0 Å². The number of nitrogens with one attached hydrogen (secondary N) is 1. The molecule has 0 heterocycles. The van der Waals surface area contributed by atoms with E-state index in [1.807, 2.05) is 0 Å². The van der Waals surface area contributed by atoms with E-state index in [9.17, 15) is 20.1 Å².